The second-order valence-corrected chi connectivity index (χ2v) is 3.05. The molecule has 0 amide bonds. The molecular weight excluding hydrogens is 208 g/mol. The summed E-state index contributed by atoms with van der Waals surface area (Å²) in [5, 5.41) is 19.9. The number of hydrogen-bond acceptors (Lipinski definition) is 6. The molecule has 14 heavy (non-hydrogen) atoms. The number of carbonyl (C=O) groups is 1. The van der Waals surface area contributed by atoms with Gasteiger partial charge in [0.2, 0.25) is 0 Å². The average Bonchev–Trinajstić information content (AvgIpc) is 2.59. The molecule has 72 valence electrons. The fourth-order valence-electron chi connectivity index (χ4n) is 0.864. The summed E-state index contributed by atoms with van der Waals surface area (Å²) in [6, 6.07) is 1.69. The van der Waals surface area contributed by atoms with Crippen LogP contribution in [0.25, 0.3) is 0 Å². The summed E-state index contributed by atoms with van der Waals surface area (Å²) >= 11 is 0.730. The largest absolute Gasteiger partial charge is 0.465 e. The molecule has 1 heterocycles. The Labute approximate surface area is 82.5 Å². The number of methoxy groups -OCH3 is 1. The Morgan fingerprint density at radius 1 is 1.79 bits per heavy atom. The Hall–Kier alpha value is -1.94. The quantitative estimate of drug-likeness (QED) is 0.418. The maximum absolute atomic E-state index is 11.1. The molecule has 0 N–H and O–H groups in total. The van der Waals surface area contributed by atoms with Gasteiger partial charge in [-0.05, 0) is 0 Å². The van der Waals surface area contributed by atoms with Crippen molar-refractivity contribution in [3.63, 3.8) is 0 Å². The van der Waals surface area contributed by atoms with Gasteiger partial charge in [0.1, 0.15) is 6.07 Å². The molecule has 0 fully saturated rings. The van der Waals surface area contributed by atoms with Gasteiger partial charge in [-0.15, -0.1) is 0 Å². The van der Waals surface area contributed by atoms with Crippen molar-refractivity contribution in [2.24, 2.45) is 0 Å². The molecule has 0 atom stereocenters. The molecule has 1 aromatic rings. The van der Waals surface area contributed by atoms with Crippen molar-refractivity contribution in [3.8, 4) is 6.07 Å². The van der Waals surface area contributed by atoms with Gasteiger partial charge < -0.3 is 4.74 Å². The lowest BCUT2D eigenvalue weighted by Crippen LogP contribution is -2.04. The first-order chi connectivity index (χ1) is 6.61. The Morgan fingerprint density at radius 3 is 2.86 bits per heavy atom. The number of hydrogen-bond donors (Lipinski definition) is 0. The van der Waals surface area contributed by atoms with Crippen molar-refractivity contribution in [1.82, 2.24) is 0 Å². The molecule has 1 aromatic heterocycles. The van der Waals surface area contributed by atoms with E-state index >= 15 is 0 Å². The van der Waals surface area contributed by atoms with Crippen LogP contribution in [0.15, 0.2) is 5.38 Å². The second-order valence-electron chi connectivity index (χ2n) is 2.19. The first-order valence-corrected chi connectivity index (χ1v) is 4.24. The van der Waals surface area contributed by atoms with E-state index in [4.69, 9.17) is 5.26 Å². The van der Waals surface area contributed by atoms with E-state index in [-0.39, 0.29) is 16.1 Å². The molecular formula is C7H4N2O4S. The van der Waals surface area contributed by atoms with Crippen LogP contribution >= 0.6 is 11.3 Å². The highest BCUT2D eigenvalue weighted by atomic mass is 32.1. The molecule has 1 rings (SSSR count). The normalized spacial score (nSPS) is 9.14. The minimum absolute atomic E-state index is 0.0337. The third kappa shape index (κ3) is 1.55. The number of nitrogens with zero attached hydrogens (tertiary/aromatic N) is 2. The molecule has 0 aliphatic heterocycles. The molecule has 0 saturated carbocycles. The lowest BCUT2D eigenvalue weighted by molar-refractivity contribution is -0.380. The summed E-state index contributed by atoms with van der Waals surface area (Å²) in [6.07, 6.45) is 0. The molecule has 7 heteroatoms. The van der Waals surface area contributed by atoms with Crippen LogP contribution < -0.4 is 0 Å². The van der Waals surface area contributed by atoms with Gasteiger partial charge >= 0.3 is 11.0 Å². The maximum Gasteiger partial charge on any atom is 0.347 e. The summed E-state index contributed by atoms with van der Waals surface area (Å²) < 4.78 is 4.34. The van der Waals surface area contributed by atoms with Crippen molar-refractivity contribution in [2.75, 3.05) is 7.11 Å². The van der Waals surface area contributed by atoms with Gasteiger partial charge in [-0.1, -0.05) is 11.3 Å². The predicted octanol–water partition coefficient (Wildman–Crippen LogP) is 1.31. The zero-order chi connectivity index (χ0) is 10.7. The van der Waals surface area contributed by atoms with Crippen molar-refractivity contribution >= 4 is 22.3 Å². The number of thiophene rings is 1. The molecule has 0 aliphatic carbocycles. The predicted molar refractivity (Wildman–Crippen MR) is 47.0 cm³/mol. The number of ether oxygens (including phenoxy) is 1. The van der Waals surface area contributed by atoms with Crippen LogP contribution in [0.5, 0.6) is 0 Å². The van der Waals surface area contributed by atoms with Crippen LogP contribution in [0.4, 0.5) is 5.00 Å². The number of nitro groups is 1. The van der Waals surface area contributed by atoms with Crippen LogP contribution in [0.2, 0.25) is 0 Å². The van der Waals surface area contributed by atoms with E-state index in [1.807, 2.05) is 0 Å². The van der Waals surface area contributed by atoms with Gasteiger partial charge in [-0.3, -0.25) is 10.1 Å². The van der Waals surface area contributed by atoms with Gasteiger partial charge in [0, 0.05) is 5.38 Å². The zero-order valence-corrected chi connectivity index (χ0v) is 7.83. The minimum atomic E-state index is -0.866. The summed E-state index contributed by atoms with van der Waals surface area (Å²) in [5.41, 5.74) is -0.307. The minimum Gasteiger partial charge on any atom is -0.465 e. The number of esters is 1. The van der Waals surface area contributed by atoms with E-state index in [9.17, 15) is 14.9 Å². The van der Waals surface area contributed by atoms with Gasteiger partial charge in [0.05, 0.1) is 17.6 Å². The van der Waals surface area contributed by atoms with E-state index in [0.29, 0.717) is 0 Å². The van der Waals surface area contributed by atoms with E-state index in [2.05, 4.69) is 4.74 Å². The Morgan fingerprint density at radius 2 is 2.43 bits per heavy atom. The molecule has 0 unspecified atom stereocenters. The zero-order valence-electron chi connectivity index (χ0n) is 7.01. The number of rotatable bonds is 2. The summed E-state index contributed by atoms with van der Waals surface area (Å²) in [4.78, 5) is 20.9. The average molecular weight is 212 g/mol. The molecule has 0 aliphatic rings. The van der Waals surface area contributed by atoms with Crippen LogP contribution in [0, 0.1) is 21.4 Å². The van der Waals surface area contributed by atoms with E-state index in [1.54, 1.807) is 6.07 Å². The van der Waals surface area contributed by atoms with E-state index in [0.717, 1.165) is 18.4 Å². The van der Waals surface area contributed by atoms with Crippen molar-refractivity contribution in [3.05, 3.63) is 26.6 Å². The summed E-state index contributed by atoms with van der Waals surface area (Å²) in [5.74, 6) is -0.866. The highest BCUT2D eigenvalue weighted by Crippen LogP contribution is 2.30. The fourth-order valence-corrected chi connectivity index (χ4v) is 1.66. The number of carbonyl (C=O) groups excluding carboxylic acids is 1. The fraction of sp³-hybridized carbons (Fsp3) is 0.143. The van der Waals surface area contributed by atoms with Gasteiger partial charge in [0.25, 0.3) is 0 Å². The van der Waals surface area contributed by atoms with Gasteiger partial charge in [-0.2, -0.15) is 5.26 Å². The Kier molecular flexibility index (Phi) is 2.79. The van der Waals surface area contributed by atoms with Crippen LogP contribution in [-0.4, -0.2) is 18.0 Å². The van der Waals surface area contributed by atoms with Crippen molar-refractivity contribution in [2.45, 2.75) is 0 Å². The highest BCUT2D eigenvalue weighted by molar-refractivity contribution is 7.14. The first kappa shape index (κ1) is 10.1. The van der Waals surface area contributed by atoms with E-state index < -0.39 is 10.9 Å². The summed E-state index contributed by atoms with van der Waals surface area (Å²) in [6.45, 7) is 0. The van der Waals surface area contributed by atoms with Crippen LogP contribution in [0.1, 0.15) is 15.9 Å². The Bertz CT molecular complexity index is 431. The third-order valence-electron chi connectivity index (χ3n) is 1.45. The van der Waals surface area contributed by atoms with Crippen LogP contribution in [0.3, 0.4) is 0 Å². The summed E-state index contributed by atoms with van der Waals surface area (Å²) in [7, 11) is 1.10. The van der Waals surface area contributed by atoms with Gasteiger partial charge in [-0.25, -0.2) is 4.79 Å². The standard InChI is InChI=1S/C7H4N2O4S/c1-13-7(10)5-4(2-8)3-14-6(5)9(11)12/h3H,1H3. The highest BCUT2D eigenvalue weighted by Gasteiger charge is 2.27. The smallest absolute Gasteiger partial charge is 0.347 e. The van der Waals surface area contributed by atoms with Crippen molar-refractivity contribution in [1.29, 1.82) is 5.26 Å². The maximum atomic E-state index is 11.1. The molecule has 6 nitrogen and oxygen atoms in total. The Balaban J connectivity index is 3.35. The van der Waals surface area contributed by atoms with E-state index in [1.165, 1.54) is 5.38 Å². The second kappa shape index (κ2) is 3.85. The van der Waals surface area contributed by atoms with Crippen LogP contribution in [-0.2, 0) is 4.74 Å². The first-order valence-electron chi connectivity index (χ1n) is 3.36. The molecule has 0 saturated heterocycles. The monoisotopic (exact) mass is 212 g/mol. The lowest BCUT2D eigenvalue weighted by Gasteiger charge is -1.95. The third-order valence-corrected chi connectivity index (χ3v) is 2.38. The molecule has 0 spiro atoms. The van der Waals surface area contributed by atoms with Crippen molar-refractivity contribution < 1.29 is 14.5 Å². The number of nitriles is 1. The topological polar surface area (TPSA) is 93.2 Å². The lowest BCUT2D eigenvalue weighted by atomic mass is 10.2. The SMILES string of the molecule is COC(=O)c1c(C#N)csc1[N+](=O)[O-]. The molecule has 0 radical (unpaired) electrons. The van der Waals surface area contributed by atoms with Gasteiger partial charge in [0.15, 0.2) is 5.56 Å². The molecule has 0 aromatic carbocycles. The molecule has 0 bridgehead atoms.